The van der Waals surface area contributed by atoms with E-state index in [4.69, 9.17) is 4.74 Å². The highest BCUT2D eigenvalue weighted by Crippen LogP contribution is 2.32. The van der Waals surface area contributed by atoms with Crippen molar-refractivity contribution in [1.29, 1.82) is 0 Å². The van der Waals surface area contributed by atoms with Gasteiger partial charge >= 0.3 is 0 Å². The normalized spacial score (nSPS) is 20.4. The van der Waals surface area contributed by atoms with E-state index in [0.29, 0.717) is 24.4 Å². The van der Waals surface area contributed by atoms with Crippen LogP contribution in [0.25, 0.3) is 0 Å². The van der Waals surface area contributed by atoms with E-state index < -0.39 is 22.7 Å². The summed E-state index contributed by atoms with van der Waals surface area (Å²) in [6.45, 7) is 0.467. The molecule has 0 bridgehead atoms. The van der Waals surface area contributed by atoms with Gasteiger partial charge in [-0.1, -0.05) is 6.07 Å². The highest BCUT2D eigenvalue weighted by Gasteiger charge is 2.30. The predicted molar refractivity (Wildman–Crippen MR) is 78.0 cm³/mol. The van der Waals surface area contributed by atoms with Crippen LogP contribution in [0.4, 0.5) is 20.3 Å². The molecule has 0 spiro atoms. The second kappa shape index (κ2) is 6.25. The average molecular weight is 321 g/mol. The first-order valence-electron chi connectivity index (χ1n) is 6.98. The monoisotopic (exact) mass is 321 g/mol. The topological polar surface area (TPSA) is 77.3 Å². The largest absolute Gasteiger partial charge is 0.371 e. The third-order valence-corrected chi connectivity index (χ3v) is 3.66. The van der Waals surface area contributed by atoms with Crippen molar-refractivity contribution in [3.05, 3.63) is 63.8 Å². The second-order valence-corrected chi connectivity index (χ2v) is 5.16. The van der Waals surface area contributed by atoms with E-state index in [1.165, 1.54) is 18.2 Å². The summed E-state index contributed by atoms with van der Waals surface area (Å²) in [6, 6.07) is 6.31. The number of ether oxygens (including phenoxy) is 1. The van der Waals surface area contributed by atoms with Gasteiger partial charge in [0.05, 0.1) is 11.0 Å². The Morgan fingerprint density at radius 1 is 1.26 bits per heavy atom. The number of nitrogens with zero attached hydrogens (tertiary/aromatic N) is 2. The summed E-state index contributed by atoms with van der Waals surface area (Å²) in [6.07, 6.45) is 1.37. The van der Waals surface area contributed by atoms with Crippen LogP contribution in [-0.4, -0.2) is 22.6 Å². The van der Waals surface area contributed by atoms with E-state index in [2.05, 4.69) is 10.3 Å². The first-order valence-corrected chi connectivity index (χ1v) is 6.98. The van der Waals surface area contributed by atoms with Crippen LogP contribution < -0.4 is 5.32 Å². The summed E-state index contributed by atoms with van der Waals surface area (Å²) < 4.78 is 32.0. The molecule has 2 aromatic rings. The van der Waals surface area contributed by atoms with Crippen molar-refractivity contribution in [2.75, 3.05) is 11.9 Å². The third kappa shape index (κ3) is 3.26. The summed E-state index contributed by atoms with van der Waals surface area (Å²) in [5, 5.41) is 13.7. The highest BCUT2D eigenvalue weighted by molar-refractivity contribution is 5.42. The van der Waals surface area contributed by atoms with Gasteiger partial charge < -0.3 is 10.1 Å². The number of anilines is 1. The summed E-state index contributed by atoms with van der Waals surface area (Å²) in [5.41, 5.74) is 0.427. The first-order chi connectivity index (χ1) is 11.0. The number of aromatic nitrogens is 1. The number of nitro groups is 1. The Morgan fingerprint density at radius 3 is 2.74 bits per heavy atom. The van der Waals surface area contributed by atoms with E-state index in [-0.39, 0.29) is 11.7 Å². The number of rotatable bonds is 4. The number of pyridine rings is 1. The van der Waals surface area contributed by atoms with Crippen molar-refractivity contribution in [2.24, 2.45) is 0 Å². The molecular weight excluding hydrogens is 308 g/mol. The van der Waals surface area contributed by atoms with Crippen LogP contribution >= 0.6 is 0 Å². The van der Waals surface area contributed by atoms with Gasteiger partial charge in [0.1, 0.15) is 18.1 Å². The molecule has 1 N–H and O–H groups in total. The molecule has 1 saturated heterocycles. The Labute approximate surface area is 130 Å². The maximum absolute atomic E-state index is 13.4. The fourth-order valence-electron chi connectivity index (χ4n) is 2.52. The van der Waals surface area contributed by atoms with Gasteiger partial charge in [0.25, 0.3) is 5.69 Å². The predicted octanol–water partition coefficient (Wildman–Crippen LogP) is 3.21. The standard InChI is InChI=1S/C15H13F2N3O3/c16-11-3-1-9(7-12(11)17)15-13(5-6-23-15)19-14-4-2-10(8-18-14)20(21)22/h1-4,7-8,13,15H,5-6H2,(H,18,19). The van der Waals surface area contributed by atoms with Gasteiger partial charge in [-0.2, -0.15) is 0 Å². The molecule has 2 atom stereocenters. The molecule has 2 heterocycles. The number of nitrogens with one attached hydrogen (secondary N) is 1. The van der Waals surface area contributed by atoms with Gasteiger partial charge in [0, 0.05) is 12.7 Å². The van der Waals surface area contributed by atoms with Crippen LogP contribution in [0.15, 0.2) is 36.5 Å². The molecule has 120 valence electrons. The van der Waals surface area contributed by atoms with Crippen molar-refractivity contribution in [3.8, 4) is 0 Å². The fraction of sp³-hybridized carbons (Fsp3) is 0.267. The Kier molecular flexibility index (Phi) is 4.16. The summed E-state index contributed by atoms with van der Waals surface area (Å²) in [5.74, 6) is -1.38. The Hall–Kier alpha value is -2.61. The van der Waals surface area contributed by atoms with Gasteiger partial charge in [0.2, 0.25) is 0 Å². The maximum atomic E-state index is 13.4. The molecular formula is C15H13F2N3O3. The summed E-state index contributed by atoms with van der Waals surface area (Å²) in [4.78, 5) is 14.1. The van der Waals surface area contributed by atoms with Crippen LogP contribution in [0.5, 0.6) is 0 Å². The molecule has 23 heavy (non-hydrogen) atoms. The number of benzene rings is 1. The fourth-order valence-corrected chi connectivity index (χ4v) is 2.52. The molecule has 6 nitrogen and oxygen atoms in total. The van der Waals surface area contributed by atoms with Crippen molar-refractivity contribution in [1.82, 2.24) is 4.98 Å². The lowest BCUT2D eigenvalue weighted by Gasteiger charge is -2.20. The van der Waals surface area contributed by atoms with Crippen LogP contribution in [-0.2, 0) is 4.74 Å². The smallest absolute Gasteiger partial charge is 0.287 e. The number of hydrogen-bond donors (Lipinski definition) is 1. The van der Waals surface area contributed by atoms with E-state index in [9.17, 15) is 18.9 Å². The third-order valence-electron chi connectivity index (χ3n) is 3.66. The van der Waals surface area contributed by atoms with Crippen LogP contribution in [0, 0.1) is 21.7 Å². The minimum Gasteiger partial charge on any atom is -0.371 e. The van der Waals surface area contributed by atoms with Crippen molar-refractivity contribution in [3.63, 3.8) is 0 Å². The molecule has 3 rings (SSSR count). The quantitative estimate of drug-likeness (QED) is 0.691. The average Bonchev–Trinajstić information content (AvgIpc) is 2.99. The van der Waals surface area contributed by atoms with Crippen LogP contribution in [0.2, 0.25) is 0 Å². The van der Waals surface area contributed by atoms with E-state index in [1.807, 2.05) is 0 Å². The SMILES string of the molecule is O=[N+]([O-])c1ccc(NC2CCOC2c2ccc(F)c(F)c2)nc1. The molecule has 2 unspecified atom stereocenters. The summed E-state index contributed by atoms with van der Waals surface area (Å²) >= 11 is 0. The lowest BCUT2D eigenvalue weighted by atomic mass is 10.0. The maximum Gasteiger partial charge on any atom is 0.287 e. The molecule has 0 saturated carbocycles. The molecule has 1 aromatic carbocycles. The van der Waals surface area contributed by atoms with E-state index in [1.54, 1.807) is 0 Å². The zero-order chi connectivity index (χ0) is 16.4. The Morgan fingerprint density at radius 2 is 2.09 bits per heavy atom. The molecule has 1 fully saturated rings. The zero-order valence-corrected chi connectivity index (χ0v) is 11.9. The van der Waals surface area contributed by atoms with Gasteiger partial charge in [-0.05, 0) is 30.2 Å². The van der Waals surface area contributed by atoms with E-state index >= 15 is 0 Å². The van der Waals surface area contributed by atoms with Crippen molar-refractivity contribution < 1.29 is 18.4 Å². The lowest BCUT2D eigenvalue weighted by Crippen LogP contribution is -2.23. The van der Waals surface area contributed by atoms with Crippen molar-refractivity contribution >= 4 is 11.5 Å². The first kappa shape index (κ1) is 15.3. The van der Waals surface area contributed by atoms with Gasteiger partial charge in [-0.3, -0.25) is 10.1 Å². The summed E-state index contributed by atoms with van der Waals surface area (Å²) in [7, 11) is 0. The lowest BCUT2D eigenvalue weighted by molar-refractivity contribution is -0.385. The highest BCUT2D eigenvalue weighted by atomic mass is 19.2. The molecule has 1 aromatic heterocycles. The minimum absolute atomic E-state index is 0.102. The minimum atomic E-state index is -0.926. The van der Waals surface area contributed by atoms with Crippen molar-refractivity contribution in [2.45, 2.75) is 18.6 Å². The molecule has 0 amide bonds. The molecule has 1 aliphatic rings. The second-order valence-electron chi connectivity index (χ2n) is 5.16. The van der Waals surface area contributed by atoms with Gasteiger partial charge in [0.15, 0.2) is 11.6 Å². The Bertz CT molecular complexity index is 724. The van der Waals surface area contributed by atoms with Gasteiger partial charge in [-0.15, -0.1) is 0 Å². The van der Waals surface area contributed by atoms with E-state index in [0.717, 1.165) is 18.3 Å². The van der Waals surface area contributed by atoms with Crippen LogP contribution in [0.1, 0.15) is 18.1 Å². The van der Waals surface area contributed by atoms with Gasteiger partial charge in [-0.25, -0.2) is 13.8 Å². The molecule has 0 aliphatic carbocycles. The molecule has 8 heteroatoms. The zero-order valence-electron chi connectivity index (χ0n) is 11.9. The Balaban J connectivity index is 1.76. The number of hydrogen-bond acceptors (Lipinski definition) is 5. The number of halogens is 2. The molecule has 1 aliphatic heterocycles. The van der Waals surface area contributed by atoms with Crippen LogP contribution in [0.3, 0.4) is 0 Å². The molecule has 0 radical (unpaired) electrons.